The molecule has 0 bridgehead atoms. The maximum Gasteiger partial charge on any atom is 0.694 e. The highest BCUT2D eigenvalue weighted by Crippen LogP contribution is 2.44. The number of rotatable bonds is 14. The van der Waals surface area contributed by atoms with E-state index in [-0.39, 0.29) is 17.8 Å². The second-order valence-electron chi connectivity index (χ2n) is 8.71. The lowest BCUT2D eigenvalue weighted by Gasteiger charge is -2.38. The van der Waals surface area contributed by atoms with Crippen LogP contribution >= 0.6 is 20.0 Å². The summed E-state index contributed by atoms with van der Waals surface area (Å²) >= 11 is 1.83. The molecular formula is C25H35FN2O3PS+. The molecule has 1 unspecified atom stereocenters. The van der Waals surface area contributed by atoms with E-state index in [9.17, 15) is 8.96 Å². The lowest BCUT2D eigenvalue weighted by Crippen LogP contribution is -2.30. The largest absolute Gasteiger partial charge is 0.694 e. The van der Waals surface area contributed by atoms with Crippen LogP contribution in [0.1, 0.15) is 69.0 Å². The fourth-order valence-corrected chi connectivity index (χ4v) is 5.85. The lowest BCUT2D eigenvalue weighted by molar-refractivity contribution is 0.260. The molecule has 1 aliphatic rings. The van der Waals surface area contributed by atoms with Crippen molar-refractivity contribution >= 4 is 20.0 Å². The van der Waals surface area contributed by atoms with Crippen molar-refractivity contribution in [2.24, 2.45) is 0 Å². The van der Waals surface area contributed by atoms with Crippen LogP contribution in [0.2, 0.25) is 0 Å². The number of pyridine rings is 1. The SMILES string of the molecule is O=[P+](O)OCCCNCc1ccc(SCCCCC2(c3ccccc3F)CCCCC2)cn1. The molecule has 1 aliphatic carbocycles. The standard InChI is InChI=1S/C25H34FN2O3PS/c26-24-10-3-2-9-23(24)25(13-4-1-5-14-25)15-6-7-18-33-22-12-11-21(28-20-22)19-27-16-8-17-31-32(29)30/h2-3,9-12,20,27H,1,4-8,13-19H2/p+1. The maximum atomic E-state index is 14.6. The van der Waals surface area contributed by atoms with E-state index in [0.717, 1.165) is 49.1 Å². The van der Waals surface area contributed by atoms with Gasteiger partial charge in [0.25, 0.3) is 0 Å². The Bertz CT molecular complexity index is 863. The Balaban J connectivity index is 1.36. The van der Waals surface area contributed by atoms with Gasteiger partial charge in [-0.2, -0.15) is 0 Å². The van der Waals surface area contributed by atoms with Gasteiger partial charge in [0.1, 0.15) is 12.4 Å². The third-order valence-corrected chi connectivity index (χ3v) is 7.85. The minimum absolute atomic E-state index is 0.0201. The van der Waals surface area contributed by atoms with Crippen LogP contribution in [0, 0.1) is 5.82 Å². The van der Waals surface area contributed by atoms with Crippen molar-refractivity contribution in [3.8, 4) is 0 Å². The van der Waals surface area contributed by atoms with E-state index in [0.29, 0.717) is 19.5 Å². The van der Waals surface area contributed by atoms with Gasteiger partial charge in [-0.25, -0.2) is 4.39 Å². The zero-order valence-electron chi connectivity index (χ0n) is 19.2. The van der Waals surface area contributed by atoms with Crippen molar-refractivity contribution in [2.75, 3.05) is 18.9 Å². The monoisotopic (exact) mass is 493 g/mol. The van der Waals surface area contributed by atoms with Crippen LogP contribution in [0.5, 0.6) is 0 Å². The molecule has 1 aromatic carbocycles. The molecule has 180 valence electrons. The first-order valence-corrected chi connectivity index (χ1v) is 14.0. The first kappa shape index (κ1) is 26.2. The molecule has 1 atom stereocenters. The Morgan fingerprint density at radius 2 is 1.94 bits per heavy atom. The summed E-state index contributed by atoms with van der Waals surface area (Å²) in [4.78, 5) is 14.3. The van der Waals surface area contributed by atoms with E-state index in [1.165, 1.54) is 24.2 Å². The van der Waals surface area contributed by atoms with E-state index >= 15 is 0 Å². The molecule has 3 rings (SSSR count). The van der Waals surface area contributed by atoms with E-state index in [2.05, 4.69) is 20.9 Å². The minimum atomic E-state index is -2.50. The average Bonchev–Trinajstić information content (AvgIpc) is 2.82. The number of nitrogens with zero attached hydrogens (tertiary/aromatic N) is 1. The molecule has 33 heavy (non-hydrogen) atoms. The number of hydrogen-bond acceptors (Lipinski definition) is 5. The predicted octanol–water partition coefficient (Wildman–Crippen LogP) is 6.53. The molecule has 1 saturated carbocycles. The van der Waals surface area contributed by atoms with E-state index in [1.807, 2.05) is 36.2 Å². The lowest BCUT2D eigenvalue weighted by atomic mass is 9.66. The summed E-state index contributed by atoms with van der Waals surface area (Å²) in [6.45, 7) is 1.63. The Labute approximate surface area is 201 Å². The molecule has 1 fully saturated rings. The number of aromatic nitrogens is 1. The van der Waals surface area contributed by atoms with Crippen molar-refractivity contribution in [3.05, 3.63) is 59.7 Å². The molecular weight excluding hydrogens is 458 g/mol. The number of thioether (sulfide) groups is 1. The molecule has 2 N–H and O–H groups in total. The Morgan fingerprint density at radius 3 is 2.67 bits per heavy atom. The van der Waals surface area contributed by atoms with Gasteiger partial charge in [0.05, 0.1) is 5.69 Å². The third kappa shape index (κ3) is 8.73. The quantitative estimate of drug-likeness (QED) is 0.177. The second-order valence-corrected chi connectivity index (χ2v) is 10.6. The summed E-state index contributed by atoms with van der Waals surface area (Å²) in [5.74, 6) is 1.00. The van der Waals surface area contributed by atoms with Gasteiger partial charge >= 0.3 is 8.25 Å². The zero-order valence-corrected chi connectivity index (χ0v) is 20.9. The van der Waals surface area contributed by atoms with Crippen molar-refractivity contribution < 1.29 is 18.4 Å². The van der Waals surface area contributed by atoms with Gasteiger partial charge in [-0.15, -0.1) is 21.2 Å². The van der Waals surface area contributed by atoms with Crippen LogP contribution in [0.4, 0.5) is 4.39 Å². The Hall–Kier alpha value is -1.37. The van der Waals surface area contributed by atoms with Crippen LogP contribution < -0.4 is 5.32 Å². The van der Waals surface area contributed by atoms with E-state index in [1.54, 1.807) is 12.1 Å². The fraction of sp³-hybridized carbons (Fsp3) is 0.560. The van der Waals surface area contributed by atoms with Gasteiger partial charge in [0.2, 0.25) is 0 Å². The molecule has 0 spiro atoms. The highest BCUT2D eigenvalue weighted by atomic mass is 32.2. The fourth-order valence-electron chi connectivity index (χ4n) is 4.69. The second kappa shape index (κ2) is 14.1. The van der Waals surface area contributed by atoms with Crippen molar-refractivity contribution in [1.29, 1.82) is 0 Å². The molecule has 0 saturated heterocycles. The van der Waals surface area contributed by atoms with Crippen LogP contribution in [0.15, 0.2) is 47.5 Å². The van der Waals surface area contributed by atoms with Gasteiger partial charge in [0.15, 0.2) is 0 Å². The summed E-state index contributed by atoms with van der Waals surface area (Å²) in [6.07, 6.45) is 11.8. The topological polar surface area (TPSA) is 71.5 Å². The normalized spacial score (nSPS) is 16.0. The van der Waals surface area contributed by atoms with E-state index < -0.39 is 8.25 Å². The molecule has 0 aliphatic heterocycles. The molecule has 1 aromatic heterocycles. The molecule has 8 heteroatoms. The Morgan fingerprint density at radius 1 is 1.12 bits per heavy atom. The van der Waals surface area contributed by atoms with Gasteiger partial charge in [-0.1, -0.05) is 43.9 Å². The van der Waals surface area contributed by atoms with Crippen LogP contribution in [-0.4, -0.2) is 28.8 Å². The molecule has 1 heterocycles. The zero-order chi connectivity index (χ0) is 23.4. The smallest absolute Gasteiger partial charge is 0.311 e. The Kier molecular flexibility index (Phi) is 11.2. The number of nitrogens with one attached hydrogen (secondary N) is 1. The van der Waals surface area contributed by atoms with Gasteiger partial charge in [-0.05, 0) is 73.6 Å². The number of benzene rings is 1. The predicted molar refractivity (Wildman–Crippen MR) is 132 cm³/mol. The van der Waals surface area contributed by atoms with Crippen molar-refractivity contribution in [3.63, 3.8) is 0 Å². The third-order valence-electron chi connectivity index (χ3n) is 6.38. The van der Waals surface area contributed by atoms with Crippen LogP contribution in [0.3, 0.4) is 0 Å². The highest BCUT2D eigenvalue weighted by molar-refractivity contribution is 7.99. The maximum absolute atomic E-state index is 14.6. The minimum Gasteiger partial charge on any atom is -0.311 e. The first-order valence-electron chi connectivity index (χ1n) is 11.9. The number of halogens is 1. The first-order chi connectivity index (χ1) is 16.1. The van der Waals surface area contributed by atoms with Gasteiger partial charge in [0, 0.05) is 22.2 Å². The highest BCUT2D eigenvalue weighted by Gasteiger charge is 2.35. The summed E-state index contributed by atoms with van der Waals surface area (Å²) in [7, 11) is -2.50. The summed E-state index contributed by atoms with van der Waals surface area (Å²) in [5, 5.41) is 3.25. The number of hydrogen-bond donors (Lipinski definition) is 2. The van der Waals surface area contributed by atoms with Gasteiger partial charge in [-0.3, -0.25) is 4.98 Å². The average molecular weight is 494 g/mol. The van der Waals surface area contributed by atoms with Crippen LogP contribution in [-0.2, 0) is 21.0 Å². The van der Waals surface area contributed by atoms with Crippen LogP contribution in [0.25, 0.3) is 0 Å². The summed E-state index contributed by atoms with van der Waals surface area (Å²) in [6, 6.07) is 11.5. The van der Waals surface area contributed by atoms with E-state index in [4.69, 9.17) is 4.89 Å². The molecule has 0 amide bonds. The number of unbranched alkanes of at least 4 members (excludes halogenated alkanes) is 1. The van der Waals surface area contributed by atoms with Crippen molar-refractivity contribution in [1.82, 2.24) is 10.3 Å². The molecule has 2 aromatic rings. The van der Waals surface area contributed by atoms with Crippen molar-refractivity contribution in [2.45, 2.75) is 74.6 Å². The summed E-state index contributed by atoms with van der Waals surface area (Å²) in [5.41, 5.74) is 1.92. The van der Waals surface area contributed by atoms with Gasteiger partial charge < -0.3 is 5.32 Å². The summed E-state index contributed by atoms with van der Waals surface area (Å²) < 4.78 is 29.6. The molecule has 0 radical (unpaired) electrons. The molecule has 5 nitrogen and oxygen atoms in total.